The number of aliphatic hydroxyl groups is 1. The van der Waals surface area contributed by atoms with Crippen molar-refractivity contribution in [2.24, 2.45) is 11.8 Å². The van der Waals surface area contributed by atoms with E-state index in [9.17, 15) is 9.90 Å². The summed E-state index contributed by atoms with van der Waals surface area (Å²) in [6.07, 6.45) is 3.50. The van der Waals surface area contributed by atoms with Crippen molar-refractivity contribution in [1.82, 2.24) is 10.6 Å². The molecule has 1 unspecified atom stereocenters. The molecule has 6 heteroatoms. The molecular weight excluding hydrogens is 352 g/mol. The lowest BCUT2D eigenvalue weighted by Gasteiger charge is -2.43. The normalized spacial score (nSPS) is 24.5. The van der Waals surface area contributed by atoms with Crippen molar-refractivity contribution in [3.63, 3.8) is 0 Å². The molecule has 1 aromatic carbocycles. The number of rotatable bonds is 4. The van der Waals surface area contributed by atoms with Gasteiger partial charge >= 0.3 is 0 Å². The minimum Gasteiger partial charge on any atom is -0.451 e. The zero-order valence-electron chi connectivity index (χ0n) is 15.0. The van der Waals surface area contributed by atoms with E-state index < -0.39 is 0 Å². The first kappa shape index (κ1) is 19.2. The van der Waals surface area contributed by atoms with Crippen LogP contribution >= 0.6 is 12.4 Å². The Morgan fingerprint density at radius 2 is 2.00 bits per heavy atom. The molecule has 26 heavy (non-hydrogen) atoms. The highest BCUT2D eigenvalue weighted by molar-refractivity contribution is 5.96. The van der Waals surface area contributed by atoms with Gasteiger partial charge in [-0.25, -0.2) is 0 Å². The largest absolute Gasteiger partial charge is 0.451 e. The maximum absolute atomic E-state index is 12.8. The average molecular weight is 379 g/mol. The number of benzene rings is 1. The number of halogens is 1. The number of nitrogens with one attached hydrogen (secondary N) is 2. The Morgan fingerprint density at radius 3 is 2.65 bits per heavy atom. The summed E-state index contributed by atoms with van der Waals surface area (Å²) in [7, 11) is 0. The number of piperidine rings is 1. The molecule has 142 valence electrons. The summed E-state index contributed by atoms with van der Waals surface area (Å²) in [4.78, 5) is 12.8. The van der Waals surface area contributed by atoms with Gasteiger partial charge in [-0.15, -0.1) is 12.4 Å². The molecular formula is C20H27ClN2O3. The molecule has 2 aliphatic rings. The van der Waals surface area contributed by atoms with Crippen LogP contribution in [-0.2, 0) is 0 Å². The Morgan fingerprint density at radius 1 is 1.27 bits per heavy atom. The highest BCUT2D eigenvalue weighted by Gasteiger charge is 2.39. The Balaban J connectivity index is 0.00000196. The maximum Gasteiger partial charge on any atom is 0.287 e. The molecule has 0 bridgehead atoms. The van der Waals surface area contributed by atoms with Crippen molar-refractivity contribution in [3.05, 3.63) is 35.6 Å². The molecule has 1 saturated heterocycles. The second-order valence-electron chi connectivity index (χ2n) is 7.58. The van der Waals surface area contributed by atoms with Gasteiger partial charge in [0, 0.05) is 11.4 Å². The first-order valence-corrected chi connectivity index (χ1v) is 9.30. The third-order valence-electron chi connectivity index (χ3n) is 5.81. The van der Waals surface area contributed by atoms with Gasteiger partial charge in [0.15, 0.2) is 5.76 Å². The van der Waals surface area contributed by atoms with E-state index in [1.54, 1.807) is 0 Å². The molecule has 1 atom stereocenters. The third kappa shape index (κ3) is 3.75. The third-order valence-corrected chi connectivity index (χ3v) is 5.81. The highest BCUT2D eigenvalue weighted by Crippen LogP contribution is 2.36. The minimum atomic E-state index is -0.208. The number of furan rings is 1. The molecule has 2 aromatic rings. The van der Waals surface area contributed by atoms with Crippen LogP contribution in [-0.4, -0.2) is 36.2 Å². The van der Waals surface area contributed by atoms with Crippen LogP contribution in [0.5, 0.6) is 0 Å². The van der Waals surface area contributed by atoms with Crippen LogP contribution in [0.3, 0.4) is 0 Å². The van der Waals surface area contributed by atoms with Crippen molar-refractivity contribution in [1.29, 1.82) is 0 Å². The molecule has 2 heterocycles. The van der Waals surface area contributed by atoms with Gasteiger partial charge in [0.2, 0.25) is 0 Å². The summed E-state index contributed by atoms with van der Waals surface area (Å²) in [6.45, 7) is 3.98. The van der Waals surface area contributed by atoms with Crippen LogP contribution in [0.4, 0.5) is 0 Å². The van der Waals surface area contributed by atoms with Crippen molar-refractivity contribution in [3.8, 4) is 0 Å². The number of amides is 1. The van der Waals surface area contributed by atoms with Gasteiger partial charge in [0.05, 0.1) is 6.10 Å². The van der Waals surface area contributed by atoms with E-state index in [4.69, 9.17) is 4.42 Å². The molecule has 1 amide bonds. The Bertz CT molecular complexity index is 764. The zero-order valence-corrected chi connectivity index (χ0v) is 15.8. The molecule has 4 rings (SSSR count). The molecule has 1 aromatic heterocycles. The van der Waals surface area contributed by atoms with E-state index >= 15 is 0 Å². The summed E-state index contributed by atoms with van der Waals surface area (Å²) < 4.78 is 5.83. The van der Waals surface area contributed by atoms with Crippen LogP contribution < -0.4 is 10.6 Å². The lowest BCUT2D eigenvalue weighted by molar-refractivity contribution is 0.00891. The second-order valence-corrected chi connectivity index (χ2v) is 7.58. The van der Waals surface area contributed by atoms with Crippen molar-refractivity contribution in [2.45, 2.75) is 44.8 Å². The fourth-order valence-corrected chi connectivity index (χ4v) is 4.29. The monoisotopic (exact) mass is 378 g/mol. The summed E-state index contributed by atoms with van der Waals surface area (Å²) in [5, 5.41) is 17.3. The second kappa shape index (κ2) is 7.99. The quantitative estimate of drug-likeness (QED) is 0.764. The highest BCUT2D eigenvalue weighted by atomic mass is 35.5. The van der Waals surface area contributed by atoms with Gasteiger partial charge in [0.25, 0.3) is 5.91 Å². The maximum atomic E-state index is 12.8. The molecule has 1 saturated carbocycles. The first-order valence-electron chi connectivity index (χ1n) is 9.30. The Kier molecular flexibility index (Phi) is 5.90. The van der Waals surface area contributed by atoms with Crippen molar-refractivity contribution >= 4 is 29.3 Å². The molecule has 2 fully saturated rings. The van der Waals surface area contributed by atoms with E-state index in [-0.39, 0.29) is 30.5 Å². The molecule has 0 radical (unpaired) electrons. The van der Waals surface area contributed by atoms with Gasteiger partial charge in [-0.3, -0.25) is 4.79 Å². The number of hydrogen-bond donors (Lipinski definition) is 3. The number of para-hydroxylation sites is 1. The summed E-state index contributed by atoms with van der Waals surface area (Å²) in [5.41, 5.74) is 1.82. The minimum absolute atomic E-state index is 0. The van der Waals surface area contributed by atoms with Crippen LogP contribution in [0.2, 0.25) is 0 Å². The molecule has 1 aliphatic heterocycles. The zero-order chi connectivity index (χ0) is 17.4. The van der Waals surface area contributed by atoms with Crippen molar-refractivity contribution in [2.75, 3.05) is 13.1 Å². The topological polar surface area (TPSA) is 74.5 Å². The number of hydrogen-bond acceptors (Lipinski definition) is 4. The number of fused-ring (bicyclic) bond motifs is 1. The number of aryl methyl sites for hydroxylation is 1. The van der Waals surface area contributed by atoms with Crippen LogP contribution in [0.1, 0.15) is 41.8 Å². The lowest BCUT2D eigenvalue weighted by atomic mass is 9.71. The van der Waals surface area contributed by atoms with Crippen molar-refractivity contribution < 1.29 is 14.3 Å². The Hall–Kier alpha value is -1.56. The van der Waals surface area contributed by atoms with Gasteiger partial charge in [-0.1, -0.05) is 18.2 Å². The van der Waals surface area contributed by atoms with E-state index in [0.717, 1.165) is 55.3 Å². The van der Waals surface area contributed by atoms with E-state index in [1.807, 2.05) is 31.2 Å². The van der Waals surface area contributed by atoms with Crippen LogP contribution in [0, 0.1) is 18.8 Å². The lowest BCUT2D eigenvalue weighted by Crippen LogP contribution is -2.52. The smallest absolute Gasteiger partial charge is 0.287 e. The van der Waals surface area contributed by atoms with Crippen LogP contribution in [0.15, 0.2) is 28.7 Å². The molecule has 0 spiro atoms. The summed E-state index contributed by atoms with van der Waals surface area (Å²) in [6, 6.07) is 7.87. The number of carbonyl (C=O) groups is 1. The van der Waals surface area contributed by atoms with E-state index in [0.29, 0.717) is 17.6 Å². The van der Waals surface area contributed by atoms with E-state index in [2.05, 4.69) is 10.6 Å². The molecule has 5 nitrogen and oxygen atoms in total. The van der Waals surface area contributed by atoms with Gasteiger partial charge in [-0.2, -0.15) is 0 Å². The summed E-state index contributed by atoms with van der Waals surface area (Å²) >= 11 is 0. The Labute approximate surface area is 159 Å². The predicted octanol–water partition coefficient (Wildman–Crippen LogP) is 3.03. The summed E-state index contributed by atoms with van der Waals surface area (Å²) in [5.74, 6) is 1.07. The number of aliphatic hydroxyl groups excluding tert-OH is 1. The number of carbonyl (C=O) groups excluding carboxylic acids is 1. The molecule has 3 N–H and O–H groups in total. The predicted molar refractivity (Wildman–Crippen MR) is 104 cm³/mol. The van der Waals surface area contributed by atoms with Crippen LogP contribution in [0.25, 0.3) is 11.0 Å². The fourth-order valence-electron chi connectivity index (χ4n) is 4.29. The van der Waals surface area contributed by atoms with Gasteiger partial charge in [0.1, 0.15) is 5.58 Å². The standard InChI is InChI=1S/C20H26N2O3.ClH/c1-12-3-2-4-14-11-17(25-19(12)14)20(24)22-18(15-9-16(23)10-15)13-5-7-21-8-6-13;/h2-4,11,13,15-16,18,21,23H,5-10H2,1H3,(H,22,24);1H. The van der Waals surface area contributed by atoms with Gasteiger partial charge < -0.3 is 20.2 Å². The van der Waals surface area contributed by atoms with E-state index in [1.165, 1.54) is 0 Å². The average Bonchev–Trinajstić information content (AvgIpc) is 3.04. The van der Waals surface area contributed by atoms with Gasteiger partial charge in [-0.05, 0) is 69.2 Å². The molecule has 1 aliphatic carbocycles. The SMILES string of the molecule is Cc1cccc2cc(C(=O)NC(C3CCNCC3)C3CC(O)C3)oc12.Cl. The first-order chi connectivity index (χ1) is 12.1. The fraction of sp³-hybridized carbons (Fsp3) is 0.550.